The highest BCUT2D eigenvalue weighted by Gasteiger charge is 2.52. The van der Waals surface area contributed by atoms with Crippen LogP contribution in [0.25, 0.3) is 5.57 Å². The van der Waals surface area contributed by atoms with Crippen molar-refractivity contribution < 1.29 is 28.4 Å². The number of carbonyl (C=O) groups excluding carboxylic acids is 2. The van der Waals surface area contributed by atoms with Gasteiger partial charge < -0.3 is 40.0 Å². The van der Waals surface area contributed by atoms with E-state index in [4.69, 9.17) is 30.2 Å². The highest BCUT2D eigenvalue weighted by molar-refractivity contribution is 9.10. The number of carbonyl (C=O) groups is 2. The summed E-state index contributed by atoms with van der Waals surface area (Å²) in [5, 5.41) is 0. The van der Waals surface area contributed by atoms with Crippen molar-refractivity contribution in [2.75, 3.05) is 37.6 Å². The van der Waals surface area contributed by atoms with Crippen molar-refractivity contribution in [1.29, 1.82) is 0 Å². The maximum atomic E-state index is 12.1. The zero-order valence-corrected chi connectivity index (χ0v) is 34.6. The number of hydrogen-bond donors (Lipinski definition) is 2. The summed E-state index contributed by atoms with van der Waals surface area (Å²) in [7, 11) is -0.314. The Morgan fingerprint density at radius 1 is 0.788 bits per heavy atom. The second kappa shape index (κ2) is 17.0. The number of rotatable bonds is 2. The molecule has 1 fully saturated rings. The minimum Gasteiger partial charge on any atom is -0.444 e. The van der Waals surface area contributed by atoms with Crippen LogP contribution in [0.2, 0.25) is 0 Å². The highest BCUT2D eigenvalue weighted by Crippen LogP contribution is 2.39. The number of nitrogen functional groups attached to an aromatic ring is 2. The number of ether oxygens (including phenoxy) is 2. The van der Waals surface area contributed by atoms with E-state index in [1.54, 1.807) is 22.2 Å². The Morgan fingerprint density at radius 2 is 1.25 bits per heavy atom. The van der Waals surface area contributed by atoms with Gasteiger partial charge in [0.05, 0.1) is 11.2 Å². The van der Waals surface area contributed by atoms with Crippen molar-refractivity contribution in [3.8, 4) is 0 Å². The molecule has 0 aliphatic carbocycles. The summed E-state index contributed by atoms with van der Waals surface area (Å²) in [6, 6.07) is 3.69. The number of aryl methyl sites for hydroxylation is 2. The molecule has 14 heteroatoms. The van der Waals surface area contributed by atoms with E-state index in [9.17, 15) is 9.59 Å². The lowest BCUT2D eigenvalue weighted by molar-refractivity contribution is 0.00578. The molecule has 4 N–H and O–H groups in total. The van der Waals surface area contributed by atoms with Gasteiger partial charge in [-0.1, -0.05) is 12.2 Å². The van der Waals surface area contributed by atoms with Gasteiger partial charge >= 0.3 is 19.3 Å². The largest absolute Gasteiger partial charge is 0.490 e. The van der Waals surface area contributed by atoms with Crippen LogP contribution >= 0.6 is 15.9 Å². The van der Waals surface area contributed by atoms with E-state index in [1.807, 2.05) is 101 Å². The molecule has 52 heavy (non-hydrogen) atoms. The molecule has 286 valence electrons. The van der Waals surface area contributed by atoms with Gasteiger partial charge in [-0.05, 0) is 152 Å². The summed E-state index contributed by atoms with van der Waals surface area (Å²) in [6.07, 6.45) is 8.61. The van der Waals surface area contributed by atoms with Crippen LogP contribution in [0.3, 0.4) is 0 Å². The van der Waals surface area contributed by atoms with Crippen LogP contribution in [0.4, 0.5) is 21.2 Å². The lowest BCUT2D eigenvalue weighted by Gasteiger charge is -2.32. The molecule has 12 nitrogen and oxygen atoms in total. The first kappa shape index (κ1) is 42.8. The minimum absolute atomic E-state index is 0.259. The second-order valence-electron chi connectivity index (χ2n) is 16.2. The fraction of sp³-hybridized carbons (Fsp3) is 0.579. The first-order valence-corrected chi connectivity index (χ1v) is 18.5. The molecule has 3 aliphatic heterocycles. The number of aromatic nitrogens is 2. The summed E-state index contributed by atoms with van der Waals surface area (Å²) < 4.78 is 23.9. The Bertz CT molecular complexity index is 1630. The maximum absolute atomic E-state index is 12.1. The van der Waals surface area contributed by atoms with E-state index in [0.717, 1.165) is 39.5 Å². The summed E-state index contributed by atoms with van der Waals surface area (Å²) >= 11 is 3.31. The Morgan fingerprint density at radius 3 is 1.63 bits per heavy atom. The zero-order chi connectivity index (χ0) is 39.2. The molecule has 0 radical (unpaired) electrons. The van der Waals surface area contributed by atoms with E-state index >= 15 is 0 Å². The maximum Gasteiger partial charge on any atom is 0.490 e. The third-order valence-corrected chi connectivity index (χ3v) is 9.69. The first-order valence-electron chi connectivity index (χ1n) is 17.7. The van der Waals surface area contributed by atoms with E-state index in [1.165, 1.54) is 5.57 Å². The van der Waals surface area contributed by atoms with Gasteiger partial charge in [0.25, 0.3) is 0 Å². The molecular weight excluding hydrogens is 727 g/mol. The van der Waals surface area contributed by atoms with Crippen molar-refractivity contribution in [3.63, 3.8) is 0 Å². The van der Waals surface area contributed by atoms with Gasteiger partial charge in [-0.2, -0.15) is 0 Å². The molecule has 2 amide bonds. The topological polar surface area (TPSA) is 155 Å². The fourth-order valence-corrected chi connectivity index (χ4v) is 5.48. The molecule has 0 unspecified atom stereocenters. The van der Waals surface area contributed by atoms with E-state index in [0.29, 0.717) is 37.8 Å². The van der Waals surface area contributed by atoms with Gasteiger partial charge in [-0.15, -0.1) is 0 Å². The van der Waals surface area contributed by atoms with Crippen LogP contribution in [0.15, 0.2) is 46.6 Å². The molecule has 5 rings (SSSR count). The molecule has 0 spiro atoms. The molecule has 0 atom stereocenters. The average molecular weight is 786 g/mol. The number of halogens is 1. The first-order chi connectivity index (χ1) is 23.9. The summed E-state index contributed by atoms with van der Waals surface area (Å²) in [6.45, 7) is 25.8. The van der Waals surface area contributed by atoms with Crippen LogP contribution in [0.5, 0.6) is 0 Å². The van der Waals surface area contributed by atoms with Crippen LogP contribution in [0, 0.1) is 13.8 Å². The number of pyridine rings is 2. The van der Waals surface area contributed by atoms with Gasteiger partial charge in [-0.3, -0.25) is 0 Å². The molecule has 2 aromatic rings. The van der Waals surface area contributed by atoms with Gasteiger partial charge in [-0.25, -0.2) is 19.6 Å². The molecule has 1 saturated heterocycles. The molecule has 0 aromatic carbocycles. The van der Waals surface area contributed by atoms with Crippen LogP contribution in [0.1, 0.15) is 98.8 Å². The predicted octanol–water partition coefficient (Wildman–Crippen LogP) is 7.92. The van der Waals surface area contributed by atoms with Crippen molar-refractivity contribution in [3.05, 3.63) is 63.3 Å². The average Bonchev–Trinajstić information content (AvgIpc) is 3.24. The predicted molar refractivity (Wildman–Crippen MR) is 211 cm³/mol. The van der Waals surface area contributed by atoms with Crippen molar-refractivity contribution in [2.45, 2.75) is 118 Å². The van der Waals surface area contributed by atoms with Crippen LogP contribution < -0.4 is 11.5 Å². The molecule has 0 bridgehead atoms. The normalized spacial score (nSPS) is 18.2. The SMILES string of the molecule is CC(C)(C)OC(=O)N1CC=C(B2OC(C)(C)C(C)(C)O2)CC1.Cc1cc(N)ncc1Br.Cc1cc(N)ncc1C1=CCN(C(=O)OC(C)(C)C)CC1. The summed E-state index contributed by atoms with van der Waals surface area (Å²) in [4.78, 5) is 35.5. The lowest BCUT2D eigenvalue weighted by Crippen LogP contribution is -2.41. The molecule has 5 heterocycles. The molecular formula is C38H58BBrN6O6. The molecule has 3 aliphatic rings. The third-order valence-electron chi connectivity index (χ3n) is 8.86. The Hall–Kier alpha value is -3.62. The van der Waals surface area contributed by atoms with Gasteiger partial charge in [0, 0.05) is 43.0 Å². The van der Waals surface area contributed by atoms with Gasteiger partial charge in [0.2, 0.25) is 0 Å². The zero-order valence-electron chi connectivity index (χ0n) is 33.1. The second-order valence-corrected chi connectivity index (χ2v) is 17.1. The van der Waals surface area contributed by atoms with Crippen molar-refractivity contribution >= 4 is 52.4 Å². The number of anilines is 2. The monoisotopic (exact) mass is 784 g/mol. The summed E-state index contributed by atoms with van der Waals surface area (Å²) in [5.41, 5.74) is 15.1. The van der Waals surface area contributed by atoms with Crippen molar-refractivity contribution in [1.82, 2.24) is 19.8 Å². The van der Waals surface area contributed by atoms with E-state index < -0.39 is 11.2 Å². The Kier molecular flexibility index (Phi) is 14.0. The van der Waals surface area contributed by atoms with Crippen LogP contribution in [-0.2, 0) is 18.8 Å². The minimum atomic E-state index is -0.465. The lowest BCUT2D eigenvalue weighted by atomic mass is 9.75. The van der Waals surface area contributed by atoms with E-state index in [-0.39, 0.29) is 30.5 Å². The van der Waals surface area contributed by atoms with Crippen LogP contribution in [-0.4, -0.2) is 87.7 Å². The standard InChI is InChI=1S/C16H28BNO4.C16H23N3O2.C6H7BrN2/c1-14(2,3)20-13(19)18-10-8-12(9-11-18)17-21-15(4,5)16(6,7)22-17;1-11-9-14(17)18-10-13(11)12-5-7-19(8-6-12)15(20)21-16(2,3)4;1-4-2-6(8)9-3-5(4)7/h8H,9-11H2,1-7H3;5,9-10H,6-8H2,1-4H3,(H2,17,18);2-3H,1H3,(H2,8,9). The Labute approximate surface area is 318 Å². The van der Waals surface area contributed by atoms with Gasteiger partial charge in [0.1, 0.15) is 22.8 Å². The quantitative estimate of drug-likeness (QED) is 0.287. The fourth-order valence-electron chi connectivity index (χ4n) is 5.27. The number of amides is 2. The number of nitrogens with two attached hydrogens (primary N) is 2. The Balaban J connectivity index is 0.000000228. The third kappa shape index (κ3) is 12.5. The number of hydrogen-bond acceptors (Lipinski definition) is 10. The van der Waals surface area contributed by atoms with E-state index in [2.05, 4.69) is 32.0 Å². The summed E-state index contributed by atoms with van der Waals surface area (Å²) in [5.74, 6) is 1.10. The molecule has 0 saturated carbocycles. The van der Waals surface area contributed by atoms with Crippen molar-refractivity contribution in [2.24, 2.45) is 0 Å². The highest BCUT2D eigenvalue weighted by atomic mass is 79.9. The number of nitrogens with zero attached hydrogens (tertiary/aromatic N) is 4. The van der Waals surface area contributed by atoms with Gasteiger partial charge in [0.15, 0.2) is 0 Å². The molecule has 2 aromatic heterocycles. The smallest absolute Gasteiger partial charge is 0.444 e.